The van der Waals surface area contributed by atoms with Crippen LogP contribution >= 0.6 is 0 Å². The van der Waals surface area contributed by atoms with Gasteiger partial charge in [0.15, 0.2) is 0 Å². The molecule has 0 saturated heterocycles. The van der Waals surface area contributed by atoms with Crippen molar-refractivity contribution in [2.45, 2.75) is 26.5 Å². The summed E-state index contributed by atoms with van der Waals surface area (Å²) in [6.45, 7) is 5.71. The SMILES string of the molecule is CCN(C)Cc1cc(C(C)O)ccc1OC. The molecule has 0 aliphatic rings. The number of aliphatic hydroxyl groups excluding tert-OH is 1. The van der Waals surface area contributed by atoms with Crippen molar-refractivity contribution < 1.29 is 9.84 Å². The van der Waals surface area contributed by atoms with E-state index < -0.39 is 6.10 Å². The van der Waals surface area contributed by atoms with Crippen LogP contribution in [-0.2, 0) is 6.54 Å². The maximum atomic E-state index is 9.55. The van der Waals surface area contributed by atoms with Gasteiger partial charge in [-0.3, -0.25) is 0 Å². The smallest absolute Gasteiger partial charge is 0.123 e. The lowest BCUT2D eigenvalue weighted by atomic mass is 10.1. The van der Waals surface area contributed by atoms with Crippen LogP contribution in [0.2, 0.25) is 0 Å². The van der Waals surface area contributed by atoms with Crippen LogP contribution in [0.3, 0.4) is 0 Å². The molecule has 90 valence electrons. The molecule has 0 amide bonds. The molecule has 0 bridgehead atoms. The minimum atomic E-state index is -0.434. The molecule has 0 aromatic heterocycles. The summed E-state index contributed by atoms with van der Waals surface area (Å²) >= 11 is 0. The van der Waals surface area contributed by atoms with Crippen molar-refractivity contribution in [3.05, 3.63) is 29.3 Å². The number of ether oxygens (including phenoxy) is 1. The fourth-order valence-corrected chi connectivity index (χ4v) is 1.58. The molecular formula is C13H21NO2. The maximum Gasteiger partial charge on any atom is 0.123 e. The molecular weight excluding hydrogens is 202 g/mol. The van der Waals surface area contributed by atoms with Gasteiger partial charge in [-0.25, -0.2) is 0 Å². The normalized spacial score (nSPS) is 12.9. The minimum Gasteiger partial charge on any atom is -0.496 e. The van der Waals surface area contributed by atoms with Gasteiger partial charge in [-0.15, -0.1) is 0 Å². The van der Waals surface area contributed by atoms with Gasteiger partial charge in [0.1, 0.15) is 5.75 Å². The molecule has 1 rings (SSSR count). The van der Waals surface area contributed by atoms with Gasteiger partial charge >= 0.3 is 0 Å². The molecule has 1 atom stereocenters. The van der Waals surface area contributed by atoms with Crippen LogP contribution in [0.5, 0.6) is 5.75 Å². The van der Waals surface area contributed by atoms with Gasteiger partial charge in [-0.1, -0.05) is 13.0 Å². The molecule has 0 heterocycles. The molecule has 0 saturated carbocycles. The number of benzene rings is 1. The van der Waals surface area contributed by atoms with E-state index in [-0.39, 0.29) is 0 Å². The van der Waals surface area contributed by atoms with E-state index in [2.05, 4.69) is 18.9 Å². The van der Waals surface area contributed by atoms with Crippen LogP contribution < -0.4 is 4.74 Å². The summed E-state index contributed by atoms with van der Waals surface area (Å²) in [7, 11) is 3.74. The fourth-order valence-electron chi connectivity index (χ4n) is 1.58. The Morgan fingerprint density at radius 3 is 2.62 bits per heavy atom. The largest absolute Gasteiger partial charge is 0.496 e. The van der Waals surface area contributed by atoms with Gasteiger partial charge in [-0.05, 0) is 38.2 Å². The second-order valence-corrected chi connectivity index (χ2v) is 4.08. The number of hydrogen-bond donors (Lipinski definition) is 1. The molecule has 0 aliphatic carbocycles. The van der Waals surface area contributed by atoms with E-state index in [1.807, 2.05) is 18.2 Å². The van der Waals surface area contributed by atoms with Crippen molar-refractivity contribution in [2.24, 2.45) is 0 Å². The number of rotatable bonds is 5. The zero-order valence-electron chi connectivity index (χ0n) is 10.5. The van der Waals surface area contributed by atoms with Crippen LogP contribution in [0, 0.1) is 0 Å². The van der Waals surface area contributed by atoms with E-state index in [0.29, 0.717) is 0 Å². The lowest BCUT2D eigenvalue weighted by Crippen LogP contribution is -2.17. The van der Waals surface area contributed by atoms with E-state index in [0.717, 1.165) is 30.0 Å². The molecule has 0 fully saturated rings. The third-order valence-corrected chi connectivity index (χ3v) is 2.77. The predicted octanol–water partition coefficient (Wildman–Crippen LogP) is 2.20. The summed E-state index contributed by atoms with van der Waals surface area (Å²) < 4.78 is 5.32. The standard InChI is InChI=1S/C13H21NO2/c1-5-14(3)9-12-8-11(10(2)15)6-7-13(12)16-4/h6-8,10,15H,5,9H2,1-4H3. The van der Waals surface area contributed by atoms with Crippen LogP contribution in [0.15, 0.2) is 18.2 Å². The quantitative estimate of drug-likeness (QED) is 0.830. The Balaban J connectivity index is 2.97. The van der Waals surface area contributed by atoms with E-state index in [9.17, 15) is 5.11 Å². The average molecular weight is 223 g/mol. The number of aliphatic hydroxyl groups is 1. The van der Waals surface area contributed by atoms with Crippen molar-refractivity contribution in [3.63, 3.8) is 0 Å². The van der Waals surface area contributed by atoms with Crippen molar-refractivity contribution in [3.8, 4) is 5.75 Å². The molecule has 3 nitrogen and oxygen atoms in total. The summed E-state index contributed by atoms with van der Waals surface area (Å²) in [6, 6.07) is 5.83. The van der Waals surface area contributed by atoms with Gasteiger partial charge in [-0.2, -0.15) is 0 Å². The first kappa shape index (κ1) is 13.0. The highest BCUT2D eigenvalue weighted by Gasteiger charge is 2.09. The van der Waals surface area contributed by atoms with Crippen LogP contribution in [-0.4, -0.2) is 30.7 Å². The summed E-state index contributed by atoms with van der Waals surface area (Å²) in [4.78, 5) is 2.20. The van der Waals surface area contributed by atoms with E-state index in [4.69, 9.17) is 4.74 Å². The second kappa shape index (κ2) is 5.87. The monoisotopic (exact) mass is 223 g/mol. The molecule has 1 unspecified atom stereocenters. The summed E-state index contributed by atoms with van der Waals surface area (Å²) in [5.74, 6) is 0.879. The van der Waals surface area contributed by atoms with Crippen LogP contribution in [0.4, 0.5) is 0 Å². The summed E-state index contributed by atoms with van der Waals surface area (Å²) in [5, 5.41) is 9.55. The zero-order chi connectivity index (χ0) is 12.1. The van der Waals surface area contributed by atoms with Crippen LogP contribution in [0.1, 0.15) is 31.1 Å². The molecule has 1 N–H and O–H groups in total. The maximum absolute atomic E-state index is 9.55. The van der Waals surface area contributed by atoms with Gasteiger partial charge in [0.2, 0.25) is 0 Å². The summed E-state index contributed by atoms with van der Waals surface area (Å²) in [6.07, 6.45) is -0.434. The Labute approximate surface area is 97.7 Å². The molecule has 0 spiro atoms. The fraction of sp³-hybridized carbons (Fsp3) is 0.538. The first-order valence-corrected chi connectivity index (χ1v) is 5.61. The van der Waals surface area contributed by atoms with E-state index in [1.165, 1.54) is 0 Å². The first-order valence-electron chi connectivity index (χ1n) is 5.61. The molecule has 1 aromatic carbocycles. The highest BCUT2D eigenvalue weighted by molar-refractivity contribution is 5.38. The third kappa shape index (κ3) is 3.22. The third-order valence-electron chi connectivity index (χ3n) is 2.77. The number of nitrogens with zero attached hydrogens (tertiary/aromatic N) is 1. The average Bonchev–Trinajstić information content (AvgIpc) is 2.28. The Kier molecular flexibility index (Phi) is 4.77. The molecule has 1 aromatic rings. The Bertz CT molecular complexity index is 337. The Morgan fingerprint density at radius 2 is 2.12 bits per heavy atom. The van der Waals surface area contributed by atoms with E-state index >= 15 is 0 Å². The summed E-state index contributed by atoms with van der Waals surface area (Å²) in [5.41, 5.74) is 2.05. The van der Waals surface area contributed by atoms with Crippen molar-refractivity contribution in [1.29, 1.82) is 0 Å². The second-order valence-electron chi connectivity index (χ2n) is 4.08. The van der Waals surface area contributed by atoms with Crippen molar-refractivity contribution in [1.82, 2.24) is 4.90 Å². The molecule has 16 heavy (non-hydrogen) atoms. The molecule has 0 radical (unpaired) electrons. The number of hydrogen-bond acceptors (Lipinski definition) is 3. The lowest BCUT2D eigenvalue weighted by molar-refractivity contribution is 0.199. The molecule has 0 aliphatic heterocycles. The first-order chi connectivity index (χ1) is 7.58. The Morgan fingerprint density at radius 1 is 1.44 bits per heavy atom. The van der Waals surface area contributed by atoms with Gasteiger partial charge < -0.3 is 14.7 Å². The van der Waals surface area contributed by atoms with Gasteiger partial charge in [0.25, 0.3) is 0 Å². The van der Waals surface area contributed by atoms with Crippen molar-refractivity contribution >= 4 is 0 Å². The predicted molar refractivity (Wildman–Crippen MR) is 65.6 cm³/mol. The topological polar surface area (TPSA) is 32.7 Å². The van der Waals surface area contributed by atoms with Gasteiger partial charge in [0.05, 0.1) is 13.2 Å². The Hall–Kier alpha value is -1.06. The highest BCUT2D eigenvalue weighted by atomic mass is 16.5. The van der Waals surface area contributed by atoms with Crippen molar-refractivity contribution in [2.75, 3.05) is 20.7 Å². The zero-order valence-corrected chi connectivity index (χ0v) is 10.5. The molecule has 3 heteroatoms. The lowest BCUT2D eigenvalue weighted by Gasteiger charge is -2.17. The highest BCUT2D eigenvalue weighted by Crippen LogP contribution is 2.24. The van der Waals surface area contributed by atoms with E-state index in [1.54, 1.807) is 14.0 Å². The van der Waals surface area contributed by atoms with Gasteiger partial charge in [0, 0.05) is 12.1 Å². The van der Waals surface area contributed by atoms with Crippen LogP contribution in [0.25, 0.3) is 0 Å². The number of methoxy groups -OCH3 is 1. The minimum absolute atomic E-state index is 0.434.